The van der Waals surface area contributed by atoms with Crippen LogP contribution in [0, 0.1) is 23.7 Å². The number of nitrogens with zero attached hydrogens (tertiary/aromatic N) is 1. The highest BCUT2D eigenvalue weighted by Gasteiger charge is 2.58. The molecule has 0 aromatic rings. The molecule has 1 heterocycles. The third-order valence-corrected chi connectivity index (χ3v) is 4.22. The molecule has 1 aliphatic heterocycles. The van der Waals surface area contributed by atoms with Crippen molar-refractivity contribution in [3.05, 3.63) is 0 Å². The summed E-state index contributed by atoms with van der Waals surface area (Å²) in [6.45, 7) is 1.83. The van der Waals surface area contributed by atoms with Crippen molar-refractivity contribution in [3.63, 3.8) is 0 Å². The van der Waals surface area contributed by atoms with Gasteiger partial charge in [0.05, 0.1) is 0 Å². The molecular weight excluding hydrogens is 178 g/mol. The van der Waals surface area contributed by atoms with E-state index in [1.165, 1.54) is 19.3 Å². The molecule has 0 spiro atoms. The number of carbonyl (C=O) groups is 1. The summed E-state index contributed by atoms with van der Waals surface area (Å²) in [5.74, 6) is 2.58. The molecule has 0 aromatic heterocycles. The average Bonchev–Trinajstić information content (AvgIpc) is 2.58. The molecule has 2 atom stereocenters. The number of hydrogen-bond acceptors (Lipinski definition) is 2. The smallest absolute Gasteiger partial charge is 0.226 e. The zero-order valence-electron chi connectivity index (χ0n) is 8.35. The second-order valence-corrected chi connectivity index (χ2v) is 5.08. The molecule has 14 heavy (non-hydrogen) atoms. The van der Waals surface area contributed by atoms with Crippen LogP contribution in [0.5, 0.6) is 0 Å². The first-order chi connectivity index (χ1) is 6.81. The lowest BCUT2D eigenvalue weighted by atomic mass is 9.99. The largest absolute Gasteiger partial charge is 0.396 e. The van der Waals surface area contributed by atoms with Gasteiger partial charge in [-0.3, -0.25) is 4.79 Å². The fourth-order valence-corrected chi connectivity index (χ4v) is 3.26. The van der Waals surface area contributed by atoms with E-state index in [0.29, 0.717) is 17.7 Å². The summed E-state index contributed by atoms with van der Waals surface area (Å²) in [5.41, 5.74) is 0. The molecule has 3 fully saturated rings. The minimum Gasteiger partial charge on any atom is -0.396 e. The van der Waals surface area contributed by atoms with Gasteiger partial charge in [0.1, 0.15) is 0 Å². The van der Waals surface area contributed by atoms with Crippen molar-refractivity contribution < 1.29 is 9.90 Å². The average molecular weight is 195 g/mol. The number of amides is 1. The molecule has 78 valence electrons. The number of fused-ring (bicyclic) bond motifs is 1. The Kier molecular flexibility index (Phi) is 1.84. The van der Waals surface area contributed by atoms with Gasteiger partial charge in [0.15, 0.2) is 0 Å². The molecule has 2 aliphatic carbocycles. The van der Waals surface area contributed by atoms with Crippen molar-refractivity contribution in [1.29, 1.82) is 0 Å². The first-order valence-electron chi connectivity index (χ1n) is 5.71. The molecule has 0 aromatic carbocycles. The molecule has 2 unspecified atom stereocenters. The Hall–Kier alpha value is -0.570. The third kappa shape index (κ3) is 1.11. The standard InChI is InChI=1S/C11H17NO2/c13-6-7-4-12(5-7)11(14)10-8-2-1-3-9(8)10/h7-10,13H,1-6H2. The summed E-state index contributed by atoms with van der Waals surface area (Å²) in [7, 11) is 0. The topological polar surface area (TPSA) is 40.5 Å². The van der Waals surface area contributed by atoms with Gasteiger partial charge in [-0.2, -0.15) is 0 Å². The summed E-state index contributed by atoms with van der Waals surface area (Å²) in [4.78, 5) is 13.8. The van der Waals surface area contributed by atoms with Gasteiger partial charge in [-0.15, -0.1) is 0 Å². The van der Waals surface area contributed by atoms with Crippen LogP contribution in [0.1, 0.15) is 19.3 Å². The van der Waals surface area contributed by atoms with Gasteiger partial charge < -0.3 is 10.0 Å². The maximum absolute atomic E-state index is 11.9. The summed E-state index contributed by atoms with van der Waals surface area (Å²) >= 11 is 0. The Morgan fingerprint density at radius 2 is 1.93 bits per heavy atom. The molecule has 3 heteroatoms. The van der Waals surface area contributed by atoms with Gasteiger partial charge in [-0.25, -0.2) is 0 Å². The van der Waals surface area contributed by atoms with Crippen LogP contribution in [0.15, 0.2) is 0 Å². The van der Waals surface area contributed by atoms with Crippen molar-refractivity contribution in [2.75, 3.05) is 19.7 Å². The number of aliphatic hydroxyl groups excluding tert-OH is 1. The van der Waals surface area contributed by atoms with E-state index in [4.69, 9.17) is 5.11 Å². The van der Waals surface area contributed by atoms with E-state index in [2.05, 4.69) is 0 Å². The van der Waals surface area contributed by atoms with Gasteiger partial charge in [0.2, 0.25) is 5.91 Å². The summed E-state index contributed by atoms with van der Waals surface area (Å²) in [6, 6.07) is 0. The van der Waals surface area contributed by atoms with Crippen LogP contribution in [0.4, 0.5) is 0 Å². The summed E-state index contributed by atoms with van der Waals surface area (Å²) < 4.78 is 0. The quantitative estimate of drug-likeness (QED) is 0.696. The van der Waals surface area contributed by atoms with E-state index in [1.807, 2.05) is 4.90 Å². The van der Waals surface area contributed by atoms with Crippen LogP contribution in [0.2, 0.25) is 0 Å². The van der Waals surface area contributed by atoms with Gasteiger partial charge in [-0.1, -0.05) is 6.42 Å². The summed E-state index contributed by atoms with van der Waals surface area (Å²) in [6.07, 6.45) is 3.88. The van der Waals surface area contributed by atoms with Crippen molar-refractivity contribution in [2.45, 2.75) is 19.3 Å². The molecule has 0 radical (unpaired) electrons. The van der Waals surface area contributed by atoms with Crippen molar-refractivity contribution in [1.82, 2.24) is 4.90 Å². The van der Waals surface area contributed by atoms with Crippen molar-refractivity contribution >= 4 is 5.91 Å². The van der Waals surface area contributed by atoms with Gasteiger partial charge in [-0.05, 0) is 24.7 Å². The maximum Gasteiger partial charge on any atom is 0.226 e. The zero-order valence-corrected chi connectivity index (χ0v) is 8.35. The van der Waals surface area contributed by atoms with Crippen LogP contribution in [-0.2, 0) is 4.79 Å². The second kappa shape index (κ2) is 2.96. The Balaban J connectivity index is 1.53. The maximum atomic E-state index is 11.9. The van der Waals surface area contributed by atoms with E-state index in [0.717, 1.165) is 24.9 Å². The lowest BCUT2D eigenvalue weighted by Crippen LogP contribution is -2.52. The Labute approximate surface area is 84.1 Å². The van der Waals surface area contributed by atoms with Crippen molar-refractivity contribution in [2.24, 2.45) is 23.7 Å². The lowest BCUT2D eigenvalue weighted by Gasteiger charge is -2.38. The first-order valence-corrected chi connectivity index (χ1v) is 5.71. The minimum absolute atomic E-state index is 0.237. The number of likely N-dealkylation sites (tertiary alicyclic amines) is 1. The molecule has 3 rings (SSSR count). The Morgan fingerprint density at radius 3 is 2.50 bits per heavy atom. The molecule has 2 saturated carbocycles. The zero-order chi connectivity index (χ0) is 9.71. The normalized spacial score (nSPS) is 40.6. The van der Waals surface area contributed by atoms with Gasteiger partial charge in [0.25, 0.3) is 0 Å². The van der Waals surface area contributed by atoms with Crippen LogP contribution in [-0.4, -0.2) is 35.6 Å². The van der Waals surface area contributed by atoms with Gasteiger partial charge in [0, 0.05) is 31.5 Å². The highest BCUT2D eigenvalue weighted by Crippen LogP contribution is 2.58. The van der Waals surface area contributed by atoms with E-state index >= 15 is 0 Å². The van der Waals surface area contributed by atoms with Gasteiger partial charge >= 0.3 is 0 Å². The SMILES string of the molecule is O=C(C1C2CCCC21)N1CC(CO)C1. The molecule has 1 saturated heterocycles. The highest BCUT2D eigenvalue weighted by molar-refractivity contribution is 5.83. The predicted molar refractivity (Wildman–Crippen MR) is 51.5 cm³/mol. The second-order valence-electron chi connectivity index (χ2n) is 5.08. The Morgan fingerprint density at radius 1 is 1.29 bits per heavy atom. The molecular formula is C11H17NO2. The molecule has 1 N–H and O–H groups in total. The van der Waals surface area contributed by atoms with E-state index < -0.39 is 0 Å². The highest BCUT2D eigenvalue weighted by atomic mass is 16.3. The lowest BCUT2D eigenvalue weighted by molar-refractivity contribution is -0.140. The van der Waals surface area contributed by atoms with Crippen LogP contribution < -0.4 is 0 Å². The fourth-order valence-electron chi connectivity index (χ4n) is 3.26. The molecule has 3 aliphatic rings. The fraction of sp³-hybridized carbons (Fsp3) is 0.909. The molecule has 1 amide bonds. The number of rotatable bonds is 2. The predicted octanol–water partition coefficient (Wildman–Crippen LogP) is 0.483. The molecule has 0 bridgehead atoms. The van der Waals surface area contributed by atoms with Crippen LogP contribution in [0.3, 0.4) is 0 Å². The number of hydrogen-bond donors (Lipinski definition) is 1. The Bertz CT molecular complexity index is 250. The first kappa shape index (κ1) is 8.72. The van der Waals surface area contributed by atoms with Crippen LogP contribution >= 0.6 is 0 Å². The monoisotopic (exact) mass is 195 g/mol. The number of aliphatic hydroxyl groups is 1. The van der Waals surface area contributed by atoms with E-state index in [9.17, 15) is 4.79 Å². The van der Waals surface area contributed by atoms with Crippen molar-refractivity contribution in [3.8, 4) is 0 Å². The summed E-state index contributed by atoms with van der Waals surface area (Å²) in [5, 5.41) is 8.86. The molecule has 3 nitrogen and oxygen atoms in total. The van der Waals surface area contributed by atoms with E-state index in [-0.39, 0.29) is 6.61 Å². The minimum atomic E-state index is 0.237. The van der Waals surface area contributed by atoms with Crippen LogP contribution in [0.25, 0.3) is 0 Å². The third-order valence-electron chi connectivity index (χ3n) is 4.22. The van der Waals surface area contributed by atoms with E-state index in [1.54, 1.807) is 0 Å². The number of carbonyl (C=O) groups excluding carboxylic acids is 1.